The third-order valence-corrected chi connectivity index (χ3v) is 4.15. The minimum atomic E-state index is -0.297. The van der Waals surface area contributed by atoms with Crippen LogP contribution in [0.5, 0.6) is 0 Å². The van der Waals surface area contributed by atoms with E-state index in [0.717, 1.165) is 21.7 Å². The lowest BCUT2D eigenvalue weighted by Gasteiger charge is -2.14. The molecule has 2 aromatic carbocycles. The summed E-state index contributed by atoms with van der Waals surface area (Å²) in [6.45, 7) is 5.45. The van der Waals surface area contributed by atoms with Crippen molar-refractivity contribution >= 4 is 23.2 Å². The number of alkyl halides is 1. The van der Waals surface area contributed by atoms with Crippen LogP contribution in [0.2, 0.25) is 5.02 Å². The average molecular weight is 297 g/mol. The summed E-state index contributed by atoms with van der Waals surface area (Å²) in [5.41, 5.74) is 4.09. The van der Waals surface area contributed by atoms with Crippen molar-refractivity contribution in [3.63, 3.8) is 0 Å². The van der Waals surface area contributed by atoms with Crippen LogP contribution in [-0.4, -0.2) is 0 Å². The Balaban J connectivity index is 2.43. The van der Waals surface area contributed by atoms with Crippen molar-refractivity contribution in [3.05, 3.63) is 69.0 Å². The molecule has 0 radical (unpaired) electrons. The predicted octanol–water partition coefficient (Wildman–Crippen LogP) is 5.73. The highest BCUT2D eigenvalue weighted by Gasteiger charge is 2.14. The molecule has 0 aliphatic carbocycles. The Morgan fingerprint density at radius 2 is 1.42 bits per heavy atom. The second-order valence-electron chi connectivity index (χ2n) is 4.84. The van der Waals surface area contributed by atoms with Crippen molar-refractivity contribution in [2.24, 2.45) is 0 Å². The summed E-state index contributed by atoms with van der Waals surface area (Å²) in [4.78, 5) is 0. The highest BCUT2D eigenvalue weighted by molar-refractivity contribution is 6.31. The van der Waals surface area contributed by atoms with Crippen LogP contribution in [0.25, 0.3) is 0 Å². The summed E-state index contributed by atoms with van der Waals surface area (Å²) >= 11 is 12.5. The number of hydrogen-bond acceptors (Lipinski definition) is 0. The first kappa shape index (κ1) is 14.4. The van der Waals surface area contributed by atoms with Crippen LogP contribution in [0.1, 0.15) is 33.2 Å². The van der Waals surface area contributed by atoms with Crippen molar-refractivity contribution < 1.29 is 4.39 Å². The van der Waals surface area contributed by atoms with Crippen molar-refractivity contribution in [1.82, 2.24) is 0 Å². The quantitative estimate of drug-likeness (QED) is 0.621. The molecule has 0 amide bonds. The molecule has 0 saturated heterocycles. The van der Waals surface area contributed by atoms with E-state index in [9.17, 15) is 4.39 Å². The molecule has 1 unspecified atom stereocenters. The van der Waals surface area contributed by atoms with E-state index in [-0.39, 0.29) is 11.2 Å². The molecule has 0 nitrogen and oxygen atoms in total. The molecule has 0 N–H and O–H groups in total. The first-order chi connectivity index (χ1) is 8.90. The summed E-state index contributed by atoms with van der Waals surface area (Å²) in [6, 6.07) is 9.30. The van der Waals surface area contributed by atoms with Crippen molar-refractivity contribution in [3.8, 4) is 0 Å². The maximum atomic E-state index is 13.6. The SMILES string of the molecule is Cc1cc(C(Cl)c2cc(C)c(F)c(C)c2)ccc1Cl. The maximum Gasteiger partial charge on any atom is 0.129 e. The van der Waals surface area contributed by atoms with Gasteiger partial charge in [-0.1, -0.05) is 35.9 Å². The highest BCUT2D eigenvalue weighted by atomic mass is 35.5. The number of halogens is 3. The fourth-order valence-electron chi connectivity index (χ4n) is 2.14. The Morgan fingerprint density at radius 3 is 1.95 bits per heavy atom. The lowest BCUT2D eigenvalue weighted by atomic mass is 9.99. The molecule has 0 saturated carbocycles. The van der Waals surface area contributed by atoms with Gasteiger partial charge in [0.25, 0.3) is 0 Å². The van der Waals surface area contributed by atoms with Gasteiger partial charge in [0, 0.05) is 5.02 Å². The van der Waals surface area contributed by atoms with E-state index >= 15 is 0 Å². The number of aryl methyl sites for hydroxylation is 3. The van der Waals surface area contributed by atoms with Crippen molar-refractivity contribution in [2.75, 3.05) is 0 Å². The normalized spacial score (nSPS) is 12.5. The van der Waals surface area contributed by atoms with E-state index in [0.29, 0.717) is 11.1 Å². The molecular formula is C16H15Cl2F. The molecule has 2 rings (SSSR count). The van der Waals surface area contributed by atoms with Gasteiger partial charge in [0.1, 0.15) is 5.82 Å². The van der Waals surface area contributed by atoms with E-state index in [1.165, 1.54) is 0 Å². The minimum Gasteiger partial charge on any atom is -0.206 e. The topological polar surface area (TPSA) is 0 Å². The molecule has 0 spiro atoms. The standard InChI is InChI=1S/C16H15Cl2F/c1-9-6-12(4-5-14(9)17)15(18)13-7-10(2)16(19)11(3)8-13/h4-8,15H,1-3H3. The molecule has 2 aromatic rings. The molecular weight excluding hydrogens is 282 g/mol. The third kappa shape index (κ3) is 2.93. The lowest BCUT2D eigenvalue weighted by Crippen LogP contribution is -1.98. The molecule has 1 atom stereocenters. The third-order valence-electron chi connectivity index (χ3n) is 3.23. The zero-order chi connectivity index (χ0) is 14.2. The van der Waals surface area contributed by atoms with E-state index in [1.807, 2.05) is 25.1 Å². The number of hydrogen-bond donors (Lipinski definition) is 0. The largest absolute Gasteiger partial charge is 0.206 e. The zero-order valence-electron chi connectivity index (χ0n) is 11.1. The van der Waals surface area contributed by atoms with E-state index in [2.05, 4.69) is 0 Å². The Hall–Kier alpha value is -1.05. The summed E-state index contributed by atoms with van der Waals surface area (Å²) < 4.78 is 13.6. The van der Waals surface area contributed by atoms with Gasteiger partial charge < -0.3 is 0 Å². The van der Waals surface area contributed by atoms with Crippen LogP contribution < -0.4 is 0 Å². The van der Waals surface area contributed by atoms with Crippen LogP contribution in [0, 0.1) is 26.6 Å². The molecule has 19 heavy (non-hydrogen) atoms. The monoisotopic (exact) mass is 296 g/mol. The summed E-state index contributed by atoms with van der Waals surface area (Å²) in [6.07, 6.45) is 0. The van der Waals surface area contributed by atoms with Gasteiger partial charge in [0.15, 0.2) is 0 Å². The van der Waals surface area contributed by atoms with Crippen LogP contribution in [-0.2, 0) is 0 Å². The Bertz CT molecular complexity index is 597. The number of rotatable bonds is 2. The fraction of sp³-hybridized carbons (Fsp3) is 0.250. The summed E-state index contributed by atoms with van der Waals surface area (Å²) in [5.74, 6) is -0.167. The molecule has 0 aromatic heterocycles. The molecule has 100 valence electrons. The minimum absolute atomic E-state index is 0.167. The molecule has 0 fully saturated rings. The Labute approximate surface area is 123 Å². The second kappa shape index (κ2) is 5.52. The van der Waals surface area contributed by atoms with Crippen LogP contribution in [0.3, 0.4) is 0 Å². The van der Waals surface area contributed by atoms with Gasteiger partial charge in [0.05, 0.1) is 5.38 Å². The smallest absolute Gasteiger partial charge is 0.129 e. The zero-order valence-corrected chi connectivity index (χ0v) is 12.6. The first-order valence-electron chi connectivity index (χ1n) is 6.07. The summed E-state index contributed by atoms with van der Waals surface area (Å²) in [7, 11) is 0. The van der Waals surface area contributed by atoms with Gasteiger partial charge in [-0.25, -0.2) is 4.39 Å². The second-order valence-corrected chi connectivity index (χ2v) is 5.68. The van der Waals surface area contributed by atoms with Gasteiger partial charge in [-0.15, -0.1) is 11.6 Å². The van der Waals surface area contributed by atoms with Gasteiger partial charge in [-0.05, 0) is 54.7 Å². The molecule has 0 heterocycles. The van der Waals surface area contributed by atoms with Crippen molar-refractivity contribution in [2.45, 2.75) is 26.1 Å². The van der Waals surface area contributed by atoms with E-state index < -0.39 is 0 Å². The van der Waals surface area contributed by atoms with Crippen LogP contribution in [0.15, 0.2) is 30.3 Å². The highest BCUT2D eigenvalue weighted by Crippen LogP contribution is 2.32. The van der Waals surface area contributed by atoms with Crippen LogP contribution >= 0.6 is 23.2 Å². The predicted molar refractivity (Wildman–Crippen MR) is 79.8 cm³/mol. The van der Waals surface area contributed by atoms with Gasteiger partial charge in [-0.3, -0.25) is 0 Å². The average Bonchev–Trinajstić information content (AvgIpc) is 2.37. The van der Waals surface area contributed by atoms with Gasteiger partial charge in [-0.2, -0.15) is 0 Å². The van der Waals surface area contributed by atoms with E-state index in [1.54, 1.807) is 26.0 Å². The first-order valence-corrected chi connectivity index (χ1v) is 6.88. The summed E-state index contributed by atoms with van der Waals surface area (Å²) in [5, 5.41) is 0.424. The van der Waals surface area contributed by atoms with Gasteiger partial charge >= 0.3 is 0 Å². The van der Waals surface area contributed by atoms with Gasteiger partial charge in [0.2, 0.25) is 0 Å². The van der Waals surface area contributed by atoms with E-state index in [4.69, 9.17) is 23.2 Å². The fourth-order valence-corrected chi connectivity index (χ4v) is 2.52. The Kier molecular flexibility index (Phi) is 4.17. The van der Waals surface area contributed by atoms with Crippen LogP contribution in [0.4, 0.5) is 4.39 Å². The molecule has 0 aliphatic heterocycles. The molecule has 0 bridgehead atoms. The number of benzene rings is 2. The maximum absolute atomic E-state index is 13.6. The van der Waals surface area contributed by atoms with Crippen molar-refractivity contribution in [1.29, 1.82) is 0 Å². The molecule has 3 heteroatoms. The molecule has 0 aliphatic rings. The lowest BCUT2D eigenvalue weighted by molar-refractivity contribution is 0.608. The Morgan fingerprint density at radius 1 is 0.895 bits per heavy atom.